The second-order valence-corrected chi connectivity index (χ2v) is 12.8. The zero-order chi connectivity index (χ0) is 33.3. The summed E-state index contributed by atoms with van der Waals surface area (Å²) in [5.74, 6) is -1.57. The largest absolute Gasteiger partial charge is 0.462 e. The number of nitrogens with one attached hydrogen (secondary N) is 1. The van der Waals surface area contributed by atoms with E-state index in [-0.39, 0.29) is 52.5 Å². The molecule has 0 fully saturated rings. The molecule has 14 heteroatoms. The van der Waals surface area contributed by atoms with E-state index in [1.54, 1.807) is 46.8 Å². The van der Waals surface area contributed by atoms with Gasteiger partial charge in [-0.1, -0.05) is 37.3 Å². The Morgan fingerprint density at radius 2 is 1.69 bits per heavy atom. The number of esters is 1. The number of carbonyl (C=O) groups is 1. The second kappa shape index (κ2) is 12.6. The van der Waals surface area contributed by atoms with Crippen LogP contribution in [0.15, 0.2) is 70.4 Å². The first-order valence-corrected chi connectivity index (χ1v) is 15.4. The summed E-state index contributed by atoms with van der Waals surface area (Å²) in [6.45, 7) is 7.86. The fourth-order valence-corrected chi connectivity index (χ4v) is 6.36. The topological polar surface area (TPSA) is 112 Å². The molecule has 0 unspecified atom stereocenters. The lowest BCUT2D eigenvalue weighted by atomic mass is 10.0. The molecule has 0 radical (unpaired) electrons. The predicted octanol–water partition coefficient (Wildman–Crippen LogP) is 5.72. The van der Waals surface area contributed by atoms with Crippen LogP contribution in [0, 0.1) is 5.82 Å². The van der Waals surface area contributed by atoms with Crippen LogP contribution < -0.4 is 10.4 Å². The Kier molecular flexibility index (Phi) is 9.40. The quantitative estimate of drug-likeness (QED) is 0.184. The Morgan fingerprint density at radius 1 is 1.00 bits per heavy atom. The molecule has 0 aliphatic carbocycles. The van der Waals surface area contributed by atoms with Crippen LogP contribution >= 0.6 is 0 Å². The van der Waals surface area contributed by atoms with Crippen LogP contribution in [0.1, 0.15) is 61.9 Å². The Bertz CT molecular complexity index is 1910. The van der Waals surface area contributed by atoms with Crippen molar-refractivity contribution in [3.63, 3.8) is 0 Å². The molecular formula is C31H32F4N4O5S. The third-order valence-electron chi connectivity index (χ3n) is 6.61. The number of alkyl halides is 3. The normalized spacial score (nSPS) is 12.4. The third-order valence-corrected chi connectivity index (χ3v) is 8.42. The average molecular weight is 649 g/mol. The van der Waals surface area contributed by atoms with Crippen molar-refractivity contribution in [2.45, 2.75) is 64.2 Å². The summed E-state index contributed by atoms with van der Waals surface area (Å²) in [5.41, 5.74) is -3.31. The van der Waals surface area contributed by atoms with Crippen LogP contribution in [0.5, 0.6) is 0 Å². The molecule has 0 amide bonds. The first-order valence-electron chi connectivity index (χ1n) is 14.0. The van der Waals surface area contributed by atoms with E-state index < -0.39 is 50.5 Å². The maximum Gasteiger partial charge on any atom is 0.418 e. The van der Waals surface area contributed by atoms with Gasteiger partial charge in [0, 0.05) is 23.1 Å². The number of halogens is 4. The standard InChI is InChI=1S/C31H32F4N4O5S/c1-6-27-36-39(25-17-20(28(40)44-7-2)14-15-23(25)31(33,34)35)29(41)38(27)18-21-13-12-19(16-24(21)32)22-10-8-9-11-26(22)45(42,43)37-30(3,4)5/h8-17,37H,6-7,18H2,1-5H3. The molecule has 0 aliphatic rings. The fraction of sp³-hybridized carbons (Fsp3) is 0.323. The van der Waals surface area contributed by atoms with Crippen molar-refractivity contribution < 1.29 is 35.5 Å². The van der Waals surface area contributed by atoms with Crippen LogP contribution in [-0.2, 0) is 33.9 Å². The summed E-state index contributed by atoms with van der Waals surface area (Å²) in [5, 5.41) is 4.10. The van der Waals surface area contributed by atoms with Crippen molar-refractivity contribution in [1.82, 2.24) is 19.1 Å². The Balaban J connectivity index is 1.77. The highest BCUT2D eigenvalue weighted by Gasteiger charge is 2.36. The minimum absolute atomic E-state index is 0.0106. The lowest BCUT2D eigenvalue weighted by Crippen LogP contribution is -2.40. The minimum Gasteiger partial charge on any atom is -0.462 e. The number of carbonyl (C=O) groups excluding carboxylic acids is 1. The van der Waals surface area contributed by atoms with Crippen LogP contribution in [0.4, 0.5) is 17.6 Å². The van der Waals surface area contributed by atoms with Gasteiger partial charge < -0.3 is 4.74 Å². The minimum atomic E-state index is -4.88. The van der Waals surface area contributed by atoms with Crippen LogP contribution in [-0.4, -0.2) is 40.9 Å². The number of hydrogen-bond donors (Lipinski definition) is 1. The lowest BCUT2D eigenvalue weighted by Gasteiger charge is -2.21. The fourth-order valence-electron chi connectivity index (χ4n) is 4.71. The molecule has 1 heterocycles. The summed E-state index contributed by atoms with van der Waals surface area (Å²) in [4.78, 5) is 25.7. The van der Waals surface area contributed by atoms with Gasteiger partial charge in [-0.05, 0) is 63.6 Å². The molecule has 0 atom stereocenters. The summed E-state index contributed by atoms with van der Waals surface area (Å²) in [7, 11) is -3.97. The number of aromatic nitrogens is 3. The summed E-state index contributed by atoms with van der Waals surface area (Å²) in [6, 6.07) is 12.6. The molecule has 3 aromatic carbocycles. The van der Waals surface area contributed by atoms with E-state index in [9.17, 15) is 31.2 Å². The number of ether oxygens (including phenoxy) is 1. The summed E-state index contributed by atoms with van der Waals surface area (Å²) in [6.07, 6.45) is -4.76. The molecule has 1 N–H and O–H groups in total. The van der Waals surface area contributed by atoms with Gasteiger partial charge in [-0.3, -0.25) is 4.57 Å². The van der Waals surface area contributed by atoms with E-state index in [0.29, 0.717) is 10.7 Å². The maximum absolute atomic E-state index is 15.5. The SMILES string of the molecule is CCOC(=O)c1ccc(C(F)(F)F)c(-n2nc(CC)n(Cc3ccc(-c4ccccc4S(=O)(=O)NC(C)(C)C)cc3F)c2=O)c1. The van der Waals surface area contributed by atoms with Gasteiger partial charge in [0.2, 0.25) is 10.0 Å². The highest BCUT2D eigenvalue weighted by atomic mass is 32.2. The molecule has 0 aliphatic heterocycles. The second-order valence-electron chi connectivity index (χ2n) is 11.2. The van der Waals surface area contributed by atoms with E-state index in [1.165, 1.54) is 24.3 Å². The molecule has 1 aromatic heterocycles. The van der Waals surface area contributed by atoms with Gasteiger partial charge in [0.1, 0.15) is 11.6 Å². The molecular weight excluding hydrogens is 616 g/mol. The molecule has 0 spiro atoms. The smallest absolute Gasteiger partial charge is 0.418 e. The maximum atomic E-state index is 15.5. The van der Waals surface area contributed by atoms with E-state index in [2.05, 4.69) is 9.82 Å². The number of rotatable bonds is 9. The Morgan fingerprint density at radius 3 is 2.29 bits per heavy atom. The van der Waals surface area contributed by atoms with Gasteiger partial charge in [0.05, 0.1) is 34.9 Å². The van der Waals surface area contributed by atoms with Gasteiger partial charge in [0.15, 0.2) is 0 Å². The van der Waals surface area contributed by atoms with Crippen LogP contribution in [0.3, 0.4) is 0 Å². The zero-order valence-electron chi connectivity index (χ0n) is 25.2. The van der Waals surface area contributed by atoms with Gasteiger partial charge in [-0.15, -0.1) is 5.10 Å². The van der Waals surface area contributed by atoms with E-state index >= 15 is 4.39 Å². The van der Waals surface area contributed by atoms with Gasteiger partial charge >= 0.3 is 17.8 Å². The van der Waals surface area contributed by atoms with E-state index in [4.69, 9.17) is 4.74 Å². The molecule has 0 saturated carbocycles. The van der Waals surface area contributed by atoms with Crippen molar-refractivity contribution in [3.8, 4) is 16.8 Å². The lowest BCUT2D eigenvalue weighted by molar-refractivity contribution is -0.137. The highest BCUT2D eigenvalue weighted by molar-refractivity contribution is 7.89. The third kappa shape index (κ3) is 7.34. The van der Waals surface area contributed by atoms with Crippen molar-refractivity contribution in [2.24, 2.45) is 0 Å². The van der Waals surface area contributed by atoms with E-state index in [1.807, 2.05) is 0 Å². The molecule has 45 heavy (non-hydrogen) atoms. The van der Waals surface area contributed by atoms with E-state index in [0.717, 1.165) is 22.8 Å². The first-order chi connectivity index (χ1) is 21.0. The van der Waals surface area contributed by atoms with Gasteiger partial charge in [0.25, 0.3) is 0 Å². The van der Waals surface area contributed by atoms with Gasteiger partial charge in [-0.25, -0.2) is 27.1 Å². The molecule has 0 saturated heterocycles. The Labute approximate surface area is 257 Å². The monoisotopic (exact) mass is 648 g/mol. The summed E-state index contributed by atoms with van der Waals surface area (Å²) >= 11 is 0. The molecule has 4 rings (SSSR count). The van der Waals surface area contributed by atoms with Crippen molar-refractivity contribution >= 4 is 16.0 Å². The predicted molar refractivity (Wildman–Crippen MR) is 159 cm³/mol. The average Bonchev–Trinajstić information content (AvgIpc) is 3.26. The van der Waals surface area contributed by atoms with Crippen LogP contribution in [0.2, 0.25) is 0 Å². The highest BCUT2D eigenvalue weighted by Crippen LogP contribution is 2.34. The molecule has 240 valence electrons. The van der Waals surface area contributed by atoms with Crippen molar-refractivity contribution in [3.05, 3.63) is 99.5 Å². The zero-order valence-corrected chi connectivity index (χ0v) is 26.0. The molecule has 0 bridgehead atoms. The number of hydrogen-bond acceptors (Lipinski definition) is 6. The number of nitrogens with zero attached hydrogens (tertiary/aromatic N) is 3. The summed E-state index contributed by atoms with van der Waals surface area (Å²) < 4.78 is 92.6. The Hall–Kier alpha value is -4.30. The number of sulfonamides is 1. The van der Waals surface area contributed by atoms with Crippen molar-refractivity contribution in [2.75, 3.05) is 6.61 Å². The molecule has 9 nitrogen and oxygen atoms in total. The molecule has 4 aromatic rings. The number of benzene rings is 3. The van der Waals surface area contributed by atoms with Crippen molar-refractivity contribution in [1.29, 1.82) is 0 Å². The van der Waals surface area contributed by atoms with Gasteiger partial charge in [-0.2, -0.15) is 17.9 Å². The van der Waals surface area contributed by atoms with Crippen LogP contribution in [0.25, 0.3) is 16.8 Å². The number of aryl methyl sites for hydroxylation is 1. The first kappa shape index (κ1) is 33.6.